The Morgan fingerprint density at radius 1 is 1.10 bits per heavy atom. The molecule has 0 bridgehead atoms. The van der Waals surface area contributed by atoms with Crippen molar-refractivity contribution in [3.8, 4) is 0 Å². The molecule has 5 heteroatoms. The summed E-state index contributed by atoms with van der Waals surface area (Å²) in [6, 6.07) is 5.42. The molecular formula is C16H25F3N2. The summed E-state index contributed by atoms with van der Waals surface area (Å²) in [7, 11) is 0. The van der Waals surface area contributed by atoms with Gasteiger partial charge in [-0.3, -0.25) is 0 Å². The standard InChI is InChI=1S/C16H25F3N2/c1-4-11-21(5-2)12-10-20-13(3)14-6-8-15(9-7-14)16(17,18)19/h6-9,13,20H,4-5,10-12H2,1-3H3. The van der Waals surface area contributed by atoms with Crippen LogP contribution in [0.25, 0.3) is 0 Å². The molecule has 1 N–H and O–H groups in total. The lowest BCUT2D eigenvalue weighted by Crippen LogP contribution is -2.33. The largest absolute Gasteiger partial charge is 0.416 e. The zero-order valence-corrected chi connectivity index (χ0v) is 13.0. The van der Waals surface area contributed by atoms with Crippen LogP contribution in [-0.2, 0) is 6.18 Å². The smallest absolute Gasteiger partial charge is 0.309 e. The number of alkyl halides is 3. The van der Waals surface area contributed by atoms with Gasteiger partial charge in [-0.1, -0.05) is 26.0 Å². The fraction of sp³-hybridized carbons (Fsp3) is 0.625. The lowest BCUT2D eigenvalue weighted by atomic mass is 10.1. The predicted octanol–water partition coefficient (Wildman–Crippen LogP) is 4.09. The molecule has 0 spiro atoms. The van der Waals surface area contributed by atoms with Crippen LogP contribution in [0.4, 0.5) is 13.2 Å². The molecule has 0 amide bonds. The van der Waals surface area contributed by atoms with E-state index < -0.39 is 11.7 Å². The predicted molar refractivity (Wildman–Crippen MR) is 80.3 cm³/mol. The lowest BCUT2D eigenvalue weighted by Gasteiger charge is -2.21. The number of hydrogen-bond acceptors (Lipinski definition) is 2. The Labute approximate surface area is 125 Å². The summed E-state index contributed by atoms with van der Waals surface area (Å²) in [6.07, 6.45) is -3.14. The Kier molecular flexibility index (Phi) is 7.18. The molecule has 120 valence electrons. The molecule has 0 aliphatic heterocycles. The Bertz CT molecular complexity index is 401. The Balaban J connectivity index is 2.47. The van der Waals surface area contributed by atoms with Crippen molar-refractivity contribution in [1.82, 2.24) is 10.2 Å². The molecule has 0 aromatic heterocycles. The first-order valence-corrected chi connectivity index (χ1v) is 7.51. The zero-order valence-electron chi connectivity index (χ0n) is 13.0. The van der Waals surface area contributed by atoms with Gasteiger partial charge in [0.1, 0.15) is 0 Å². The van der Waals surface area contributed by atoms with Gasteiger partial charge in [-0.2, -0.15) is 13.2 Å². The number of nitrogens with zero attached hydrogens (tertiary/aromatic N) is 1. The van der Waals surface area contributed by atoms with Crippen LogP contribution >= 0.6 is 0 Å². The van der Waals surface area contributed by atoms with Gasteiger partial charge in [-0.15, -0.1) is 0 Å². The fourth-order valence-corrected chi connectivity index (χ4v) is 2.26. The van der Waals surface area contributed by atoms with E-state index in [0.29, 0.717) is 0 Å². The minimum Gasteiger partial charge on any atom is -0.309 e. The van der Waals surface area contributed by atoms with Crippen molar-refractivity contribution in [3.05, 3.63) is 35.4 Å². The third-order valence-corrected chi connectivity index (χ3v) is 3.60. The van der Waals surface area contributed by atoms with E-state index in [1.807, 2.05) is 6.92 Å². The van der Waals surface area contributed by atoms with Crippen LogP contribution in [0.1, 0.15) is 44.4 Å². The summed E-state index contributed by atoms with van der Waals surface area (Å²) in [4.78, 5) is 2.35. The number of benzene rings is 1. The fourth-order valence-electron chi connectivity index (χ4n) is 2.26. The third kappa shape index (κ3) is 6.06. The summed E-state index contributed by atoms with van der Waals surface area (Å²) in [5.41, 5.74) is 0.278. The average Bonchev–Trinajstić information content (AvgIpc) is 2.45. The van der Waals surface area contributed by atoms with Gasteiger partial charge >= 0.3 is 6.18 Å². The summed E-state index contributed by atoms with van der Waals surface area (Å²) in [5, 5.41) is 3.36. The second-order valence-corrected chi connectivity index (χ2v) is 5.23. The zero-order chi connectivity index (χ0) is 15.9. The van der Waals surface area contributed by atoms with Gasteiger partial charge in [0.2, 0.25) is 0 Å². The highest BCUT2D eigenvalue weighted by atomic mass is 19.4. The molecule has 0 fully saturated rings. The topological polar surface area (TPSA) is 15.3 Å². The molecule has 1 rings (SSSR count). The highest BCUT2D eigenvalue weighted by molar-refractivity contribution is 5.26. The van der Waals surface area contributed by atoms with E-state index in [0.717, 1.165) is 50.3 Å². The number of hydrogen-bond donors (Lipinski definition) is 1. The second-order valence-electron chi connectivity index (χ2n) is 5.23. The molecule has 0 saturated carbocycles. The van der Waals surface area contributed by atoms with Crippen LogP contribution in [0.3, 0.4) is 0 Å². The van der Waals surface area contributed by atoms with Gasteiger partial charge in [0.25, 0.3) is 0 Å². The van der Waals surface area contributed by atoms with Gasteiger partial charge in [0.15, 0.2) is 0 Å². The van der Waals surface area contributed by atoms with Gasteiger partial charge in [0, 0.05) is 19.1 Å². The highest BCUT2D eigenvalue weighted by Crippen LogP contribution is 2.29. The first-order chi connectivity index (χ1) is 9.88. The Morgan fingerprint density at radius 2 is 1.71 bits per heavy atom. The van der Waals surface area contributed by atoms with E-state index in [1.165, 1.54) is 0 Å². The van der Waals surface area contributed by atoms with Crippen LogP contribution in [0.5, 0.6) is 0 Å². The maximum absolute atomic E-state index is 12.5. The van der Waals surface area contributed by atoms with E-state index in [-0.39, 0.29) is 6.04 Å². The molecule has 21 heavy (non-hydrogen) atoms. The van der Waals surface area contributed by atoms with E-state index in [4.69, 9.17) is 0 Å². The van der Waals surface area contributed by atoms with Crippen molar-refractivity contribution in [2.24, 2.45) is 0 Å². The van der Waals surface area contributed by atoms with Crippen LogP contribution < -0.4 is 5.32 Å². The van der Waals surface area contributed by atoms with Crippen molar-refractivity contribution in [1.29, 1.82) is 0 Å². The van der Waals surface area contributed by atoms with Crippen molar-refractivity contribution < 1.29 is 13.2 Å². The van der Waals surface area contributed by atoms with Crippen LogP contribution in [0.15, 0.2) is 24.3 Å². The average molecular weight is 302 g/mol. The second kappa shape index (κ2) is 8.39. The molecule has 0 radical (unpaired) electrons. The van der Waals surface area contributed by atoms with Gasteiger partial charge in [-0.25, -0.2) is 0 Å². The van der Waals surface area contributed by atoms with Gasteiger partial charge in [-0.05, 0) is 44.1 Å². The molecule has 0 heterocycles. The van der Waals surface area contributed by atoms with Crippen LogP contribution in [0.2, 0.25) is 0 Å². The first-order valence-electron chi connectivity index (χ1n) is 7.51. The molecule has 0 saturated heterocycles. The molecule has 2 nitrogen and oxygen atoms in total. The number of nitrogens with one attached hydrogen (secondary N) is 1. The number of likely N-dealkylation sites (N-methyl/N-ethyl adjacent to an activating group) is 1. The molecule has 1 aromatic carbocycles. The monoisotopic (exact) mass is 302 g/mol. The van der Waals surface area contributed by atoms with E-state index in [9.17, 15) is 13.2 Å². The Morgan fingerprint density at radius 3 is 2.19 bits per heavy atom. The normalized spacial score (nSPS) is 13.7. The molecule has 1 atom stereocenters. The summed E-state index contributed by atoms with van der Waals surface area (Å²) >= 11 is 0. The van der Waals surface area contributed by atoms with Crippen LogP contribution in [0, 0.1) is 0 Å². The highest BCUT2D eigenvalue weighted by Gasteiger charge is 2.30. The lowest BCUT2D eigenvalue weighted by molar-refractivity contribution is -0.137. The number of halogens is 3. The SMILES string of the molecule is CCCN(CC)CCNC(C)c1ccc(C(F)(F)F)cc1. The van der Waals surface area contributed by atoms with Crippen molar-refractivity contribution in [3.63, 3.8) is 0 Å². The van der Waals surface area contributed by atoms with E-state index >= 15 is 0 Å². The van der Waals surface area contributed by atoms with Crippen molar-refractivity contribution in [2.75, 3.05) is 26.2 Å². The molecule has 0 aliphatic carbocycles. The van der Waals surface area contributed by atoms with E-state index in [1.54, 1.807) is 12.1 Å². The maximum Gasteiger partial charge on any atom is 0.416 e. The van der Waals surface area contributed by atoms with Gasteiger partial charge in [0.05, 0.1) is 5.56 Å². The quantitative estimate of drug-likeness (QED) is 0.778. The third-order valence-electron chi connectivity index (χ3n) is 3.60. The summed E-state index contributed by atoms with van der Waals surface area (Å²) in [5.74, 6) is 0. The molecule has 1 aromatic rings. The minimum atomic E-state index is -4.27. The Hall–Kier alpha value is -1.07. The summed E-state index contributed by atoms with van der Waals surface area (Å²) in [6.45, 7) is 10.1. The van der Waals surface area contributed by atoms with E-state index in [2.05, 4.69) is 24.1 Å². The molecule has 0 aliphatic rings. The van der Waals surface area contributed by atoms with Crippen LogP contribution in [-0.4, -0.2) is 31.1 Å². The number of rotatable bonds is 8. The van der Waals surface area contributed by atoms with Crippen molar-refractivity contribution in [2.45, 2.75) is 39.4 Å². The molecular weight excluding hydrogens is 277 g/mol. The maximum atomic E-state index is 12.5. The minimum absolute atomic E-state index is 0.0487. The van der Waals surface area contributed by atoms with Crippen molar-refractivity contribution >= 4 is 0 Å². The molecule has 1 unspecified atom stereocenters. The summed E-state index contributed by atoms with van der Waals surface area (Å²) < 4.78 is 37.5. The first kappa shape index (κ1) is 18.0. The van der Waals surface area contributed by atoms with Gasteiger partial charge < -0.3 is 10.2 Å².